The Labute approximate surface area is 492 Å². The van der Waals surface area contributed by atoms with E-state index in [9.17, 15) is 29.4 Å². The summed E-state index contributed by atoms with van der Waals surface area (Å²) in [5, 5.41) is 36.3. The monoisotopic (exact) mass is 1150 g/mol. The van der Waals surface area contributed by atoms with Gasteiger partial charge in [-0.25, -0.2) is 0 Å². The SMILES string of the molecule is Cc1cc2c(O)c(c1)C=NC1CCCC(C1)NC(=O)c1cc(C)cc3c1OCCOCCOCCOc1c(cc(C)cc1C(=O)NC1CCCC(C1)N=Cc1cc(C)cc(c1O)C=NC1CCCC(C1)NC3=O)C(=O)NC1CCCC(C1)N=C2. The quantitative estimate of drug-likeness (QED) is 0.0912. The molecule has 2 aliphatic heterocycles. The number of aromatic hydroxyl groups is 2. The Morgan fingerprint density at radius 2 is 0.619 bits per heavy atom. The Hall–Kier alpha value is -7.44. The average Bonchev–Trinajstić information content (AvgIpc) is 3.26. The van der Waals surface area contributed by atoms with Crippen LogP contribution in [0.5, 0.6) is 23.0 Å². The van der Waals surface area contributed by atoms with Gasteiger partial charge in [-0.15, -0.1) is 0 Å². The fourth-order valence-corrected chi connectivity index (χ4v) is 12.8. The van der Waals surface area contributed by atoms with E-state index in [2.05, 4.69) is 21.3 Å². The molecule has 4 aromatic carbocycles. The number of amides is 4. The zero-order valence-corrected chi connectivity index (χ0v) is 49.1. The van der Waals surface area contributed by atoms with Gasteiger partial charge < -0.3 is 50.4 Å². The van der Waals surface area contributed by atoms with Crippen LogP contribution in [0, 0.1) is 27.7 Å². The van der Waals surface area contributed by atoms with E-state index in [-0.39, 0.29) is 157 Å². The average molecular weight is 1150 g/mol. The zero-order valence-electron chi connectivity index (χ0n) is 49.1. The molecule has 4 fully saturated rings. The number of rotatable bonds is 0. The zero-order chi connectivity index (χ0) is 58.7. The lowest BCUT2D eigenvalue weighted by Crippen LogP contribution is -2.41. The molecule has 14 bridgehead atoms. The number of hydrogen-bond donors (Lipinski definition) is 6. The summed E-state index contributed by atoms with van der Waals surface area (Å²) in [6, 6.07) is 13.2. The lowest BCUT2D eigenvalue weighted by molar-refractivity contribution is 0.0269. The van der Waals surface area contributed by atoms with Crippen LogP contribution in [0.15, 0.2) is 68.5 Å². The number of nitrogens with zero attached hydrogens (tertiary/aromatic N) is 4. The largest absolute Gasteiger partial charge is 0.507 e. The highest BCUT2D eigenvalue weighted by atomic mass is 16.6. The number of ether oxygens (including phenoxy) is 4. The minimum absolute atomic E-state index is 0.0258. The van der Waals surface area contributed by atoms with Crippen LogP contribution >= 0.6 is 0 Å². The van der Waals surface area contributed by atoms with Gasteiger partial charge in [0.15, 0.2) is 0 Å². The third-order valence-electron chi connectivity index (χ3n) is 17.0. The molecular formula is C66H82N8O10. The molecule has 6 N–H and O–H groups in total. The van der Waals surface area contributed by atoms with Crippen LogP contribution in [-0.4, -0.2) is 147 Å². The Morgan fingerprint density at radius 1 is 0.369 bits per heavy atom. The lowest BCUT2D eigenvalue weighted by atomic mass is 9.90. The van der Waals surface area contributed by atoms with E-state index in [0.717, 1.165) is 88.2 Å². The smallest absolute Gasteiger partial charge is 0.255 e. The van der Waals surface area contributed by atoms with Crippen LogP contribution in [0.2, 0.25) is 0 Å². The van der Waals surface area contributed by atoms with E-state index < -0.39 is 0 Å². The van der Waals surface area contributed by atoms with Crippen molar-refractivity contribution in [1.82, 2.24) is 21.3 Å². The highest BCUT2D eigenvalue weighted by Gasteiger charge is 2.32. The summed E-state index contributed by atoms with van der Waals surface area (Å²) in [4.78, 5) is 78.2. The van der Waals surface area contributed by atoms with Gasteiger partial charge in [-0.2, -0.15) is 0 Å². The van der Waals surface area contributed by atoms with Gasteiger partial charge in [-0.3, -0.25) is 39.1 Å². The topological polar surface area (TPSA) is 243 Å². The van der Waals surface area contributed by atoms with Gasteiger partial charge >= 0.3 is 0 Å². The predicted molar refractivity (Wildman–Crippen MR) is 325 cm³/mol. The Morgan fingerprint density at radius 3 is 0.893 bits per heavy atom. The third kappa shape index (κ3) is 15.5. The molecule has 6 aliphatic rings. The first-order chi connectivity index (χ1) is 40.7. The summed E-state index contributed by atoms with van der Waals surface area (Å²) in [7, 11) is 0. The van der Waals surface area contributed by atoms with Crippen LogP contribution in [0.25, 0.3) is 0 Å². The molecule has 0 saturated heterocycles. The number of fused-ring (bicyclic) bond motifs is 21. The first-order valence-electron chi connectivity index (χ1n) is 30.4. The molecule has 0 aromatic heterocycles. The summed E-state index contributed by atoms with van der Waals surface area (Å²) >= 11 is 0. The highest BCUT2D eigenvalue weighted by Crippen LogP contribution is 2.34. The highest BCUT2D eigenvalue weighted by molar-refractivity contribution is 6.06. The minimum Gasteiger partial charge on any atom is -0.507 e. The van der Waals surface area contributed by atoms with E-state index in [1.54, 1.807) is 49.1 Å². The van der Waals surface area contributed by atoms with Crippen molar-refractivity contribution in [3.05, 3.63) is 115 Å². The molecule has 10 rings (SSSR count). The maximum atomic E-state index is 14.6. The molecule has 8 unspecified atom stereocenters. The number of phenolic OH excluding ortho intramolecular Hbond substituents is 2. The molecule has 2 heterocycles. The van der Waals surface area contributed by atoms with Crippen LogP contribution in [0.4, 0.5) is 0 Å². The van der Waals surface area contributed by atoms with Crippen molar-refractivity contribution in [3.8, 4) is 23.0 Å². The summed E-state index contributed by atoms with van der Waals surface area (Å²) in [6.45, 7) is 8.35. The molecule has 4 saturated carbocycles. The van der Waals surface area contributed by atoms with Gasteiger partial charge in [0.2, 0.25) is 0 Å². The number of aryl methyl sites for hydroxylation is 4. The van der Waals surface area contributed by atoms with E-state index in [0.29, 0.717) is 59.1 Å². The number of nitrogens with one attached hydrogen (secondary N) is 4. The molecule has 18 heteroatoms. The maximum absolute atomic E-state index is 14.6. The van der Waals surface area contributed by atoms with E-state index in [4.69, 9.17) is 38.9 Å². The molecule has 18 nitrogen and oxygen atoms in total. The van der Waals surface area contributed by atoms with Crippen molar-refractivity contribution in [2.75, 3.05) is 39.6 Å². The normalized spacial score (nSPS) is 26.0. The Kier molecular flexibility index (Phi) is 19.9. The second kappa shape index (κ2) is 28.0. The standard InChI is InChI=1S/C66H82N8O10/c1-39-23-43-35-67-47-9-5-13-51(31-47)71-63(77)55-27-41(3)29-57-61(55)83-21-19-81-17-18-82-20-22-84-62-56(64(78)72-52-14-6-10-48(32-52)68-36-44(24-39)59(43)75)28-42(4)30-58(62)66(80)74-54-16-8-12-50(34-54)70-38-46-26-40(2)25-45(60(46)76)37-69-49-11-7-15-53(33-49)73-65(57)79/h23-30,35-38,47-54,75-76H,5-22,31-34H2,1-4H3,(H,71,77)(H,72,78)(H,73,79)(H,74,80). The molecule has 8 atom stereocenters. The van der Waals surface area contributed by atoms with Crippen LogP contribution in [0.1, 0.15) is 189 Å². The summed E-state index contributed by atoms with van der Waals surface area (Å²) < 4.78 is 24.8. The van der Waals surface area contributed by atoms with Crippen LogP contribution < -0.4 is 30.7 Å². The van der Waals surface area contributed by atoms with Crippen molar-refractivity contribution in [1.29, 1.82) is 0 Å². The summed E-state index contributed by atoms with van der Waals surface area (Å²) in [5.74, 6) is -1.01. The van der Waals surface area contributed by atoms with Gasteiger partial charge in [0.25, 0.3) is 23.6 Å². The number of aliphatic imine (C=N–C) groups is 4. The Balaban J connectivity index is 1.00. The lowest BCUT2D eigenvalue weighted by Gasteiger charge is -2.29. The molecule has 4 aromatic rings. The van der Waals surface area contributed by atoms with Gasteiger partial charge in [-0.1, -0.05) is 0 Å². The fourth-order valence-electron chi connectivity index (χ4n) is 12.8. The molecule has 0 radical (unpaired) electrons. The number of carbonyl (C=O) groups excluding carboxylic acids is 4. The molecular weight excluding hydrogens is 1060 g/mol. The van der Waals surface area contributed by atoms with E-state index in [1.165, 1.54) is 0 Å². The van der Waals surface area contributed by atoms with Gasteiger partial charge in [0, 0.05) is 71.3 Å². The minimum atomic E-state index is -0.365. The van der Waals surface area contributed by atoms with E-state index >= 15 is 0 Å². The second-order valence-electron chi connectivity index (χ2n) is 24.0. The fraction of sp³-hybridized carbons (Fsp3) is 0.515. The first-order valence-corrected chi connectivity index (χ1v) is 30.4. The van der Waals surface area contributed by atoms with Crippen LogP contribution in [0.3, 0.4) is 0 Å². The first kappa shape index (κ1) is 59.7. The van der Waals surface area contributed by atoms with Crippen molar-refractivity contribution in [3.63, 3.8) is 0 Å². The molecule has 84 heavy (non-hydrogen) atoms. The van der Waals surface area contributed by atoms with Crippen molar-refractivity contribution >= 4 is 48.5 Å². The number of carbonyl (C=O) groups is 4. The van der Waals surface area contributed by atoms with Gasteiger partial charge in [0.05, 0.1) is 72.8 Å². The van der Waals surface area contributed by atoms with E-state index in [1.807, 2.05) is 52.0 Å². The maximum Gasteiger partial charge on any atom is 0.255 e. The molecule has 446 valence electrons. The molecule has 0 spiro atoms. The van der Waals surface area contributed by atoms with Crippen molar-refractivity contribution in [2.24, 2.45) is 20.0 Å². The van der Waals surface area contributed by atoms with Gasteiger partial charge in [0.1, 0.15) is 36.2 Å². The number of benzene rings is 4. The Bertz CT molecular complexity index is 2800. The second-order valence-corrected chi connectivity index (χ2v) is 24.0. The molecule has 4 aliphatic carbocycles. The number of hydrogen-bond acceptors (Lipinski definition) is 14. The third-order valence-corrected chi connectivity index (χ3v) is 17.0. The number of phenols is 2. The van der Waals surface area contributed by atoms with Crippen molar-refractivity contribution in [2.45, 2.75) is 179 Å². The van der Waals surface area contributed by atoms with Gasteiger partial charge in [-0.05, 0) is 201 Å². The van der Waals surface area contributed by atoms with Crippen LogP contribution in [-0.2, 0) is 9.47 Å². The molecule has 4 amide bonds. The van der Waals surface area contributed by atoms with Crippen molar-refractivity contribution < 1.29 is 48.3 Å². The summed E-state index contributed by atoms with van der Waals surface area (Å²) in [5.41, 5.74) is 6.50. The predicted octanol–water partition coefficient (Wildman–Crippen LogP) is 9.09. The summed E-state index contributed by atoms with van der Waals surface area (Å²) in [6.07, 6.45) is 18.7.